The van der Waals surface area contributed by atoms with Crippen molar-refractivity contribution in [3.05, 3.63) is 29.6 Å². The Kier molecular flexibility index (Phi) is 6.44. The maximum atomic E-state index is 13.0. The molecule has 3 N–H and O–H groups in total. The average molecular weight is 307 g/mol. The van der Waals surface area contributed by atoms with Crippen LogP contribution >= 0.6 is 0 Å². The van der Waals surface area contributed by atoms with Crippen LogP contribution in [0.3, 0.4) is 0 Å². The van der Waals surface area contributed by atoms with Crippen LogP contribution in [0.4, 0.5) is 13.2 Å². The number of nitrogens with one attached hydrogen (secondary N) is 1. The minimum absolute atomic E-state index is 0.00770. The van der Waals surface area contributed by atoms with Gasteiger partial charge in [0.15, 0.2) is 0 Å². The summed E-state index contributed by atoms with van der Waals surface area (Å²) in [6.07, 6.45) is -2.89. The molecule has 1 aromatic carbocycles. The fraction of sp³-hybridized carbons (Fsp3) is 0.462. The zero-order valence-electron chi connectivity index (χ0n) is 11.2. The number of amides is 1. The van der Waals surface area contributed by atoms with Gasteiger partial charge in [0.05, 0.1) is 6.10 Å². The molecule has 5 nitrogen and oxygen atoms in total. The van der Waals surface area contributed by atoms with Gasteiger partial charge < -0.3 is 20.3 Å². The van der Waals surface area contributed by atoms with Crippen molar-refractivity contribution in [2.75, 3.05) is 6.54 Å². The number of aliphatic hydroxyl groups excluding tert-OH is 2. The molecule has 0 aliphatic heterocycles. The summed E-state index contributed by atoms with van der Waals surface area (Å²) in [6, 6.07) is 2.71. The summed E-state index contributed by atoms with van der Waals surface area (Å²) in [5.41, 5.74) is -0.160. The first kappa shape index (κ1) is 17.3. The second-order valence-electron chi connectivity index (χ2n) is 4.34. The molecule has 0 fully saturated rings. The lowest BCUT2D eigenvalue weighted by molar-refractivity contribution is -0.119. The highest BCUT2D eigenvalue weighted by Gasteiger charge is 2.23. The van der Waals surface area contributed by atoms with Gasteiger partial charge in [0.25, 0.3) is 0 Å². The van der Waals surface area contributed by atoms with Gasteiger partial charge in [0, 0.05) is 25.1 Å². The molecule has 0 saturated carbocycles. The lowest BCUT2D eigenvalue weighted by atomic mass is 10.0. The van der Waals surface area contributed by atoms with E-state index < -0.39 is 30.4 Å². The molecule has 0 spiro atoms. The first-order valence-corrected chi connectivity index (χ1v) is 6.16. The van der Waals surface area contributed by atoms with Gasteiger partial charge in [0.1, 0.15) is 17.7 Å². The van der Waals surface area contributed by atoms with Crippen LogP contribution < -0.4 is 10.1 Å². The first-order valence-electron chi connectivity index (χ1n) is 6.16. The number of hydrogen-bond donors (Lipinski definition) is 3. The molecule has 1 aromatic rings. The molecule has 0 aliphatic rings. The molecule has 0 radical (unpaired) electrons. The number of carbonyl (C=O) groups excluding carboxylic acids is 1. The number of hydrogen-bond acceptors (Lipinski definition) is 4. The Morgan fingerprint density at radius 3 is 2.62 bits per heavy atom. The quantitative estimate of drug-likeness (QED) is 0.710. The van der Waals surface area contributed by atoms with Crippen molar-refractivity contribution in [3.8, 4) is 5.75 Å². The van der Waals surface area contributed by atoms with E-state index in [0.29, 0.717) is 6.07 Å². The maximum Gasteiger partial charge on any atom is 0.387 e. The number of ether oxygens (including phenoxy) is 1. The summed E-state index contributed by atoms with van der Waals surface area (Å²) >= 11 is 0. The highest BCUT2D eigenvalue weighted by Crippen LogP contribution is 2.30. The van der Waals surface area contributed by atoms with Crippen molar-refractivity contribution in [2.24, 2.45) is 0 Å². The summed E-state index contributed by atoms with van der Waals surface area (Å²) in [5.74, 6) is -1.66. The van der Waals surface area contributed by atoms with Gasteiger partial charge in [-0.3, -0.25) is 4.79 Å². The number of carbonyl (C=O) groups is 1. The predicted molar refractivity (Wildman–Crippen MR) is 67.3 cm³/mol. The molecular weight excluding hydrogens is 291 g/mol. The fourth-order valence-electron chi connectivity index (χ4n) is 1.71. The third-order valence-corrected chi connectivity index (χ3v) is 2.69. The average Bonchev–Trinajstić information content (AvgIpc) is 2.36. The van der Waals surface area contributed by atoms with Gasteiger partial charge in [-0.2, -0.15) is 8.78 Å². The minimum Gasteiger partial charge on any atom is -0.434 e. The Morgan fingerprint density at radius 1 is 1.38 bits per heavy atom. The third kappa shape index (κ3) is 5.60. The van der Waals surface area contributed by atoms with E-state index in [1.54, 1.807) is 0 Å². The Morgan fingerprint density at radius 2 is 2.05 bits per heavy atom. The number of alkyl halides is 2. The van der Waals surface area contributed by atoms with E-state index in [-0.39, 0.29) is 24.4 Å². The SMILES string of the molecule is CC(=O)NCCC(O)C(O)c1ccc(F)cc1OC(F)F. The van der Waals surface area contributed by atoms with Gasteiger partial charge in [-0.05, 0) is 18.6 Å². The summed E-state index contributed by atoms with van der Waals surface area (Å²) in [6.45, 7) is -1.80. The monoisotopic (exact) mass is 307 g/mol. The van der Waals surface area contributed by atoms with Crippen molar-refractivity contribution < 1.29 is 32.9 Å². The van der Waals surface area contributed by atoms with E-state index in [1.807, 2.05) is 0 Å². The van der Waals surface area contributed by atoms with Crippen LogP contribution in [-0.4, -0.2) is 35.4 Å². The summed E-state index contributed by atoms with van der Waals surface area (Å²) in [7, 11) is 0. The molecule has 1 rings (SSSR count). The van der Waals surface area contributed by atoms with E-state index in [1.165, 1.54) is 6.92 Å². The van der Waals surface area contributed by atoms with E-state index in [9.17, 15) is 28.2 Å². The van der Waals surface area contributed by atoms with Gasteiger partial charge in [-0.1, -0.05) is 0 Å². The fourth-order valence-corrected chi connectivity index (χ4v) is 1.71. The molecule has 118 valence electrons. The van der Waals surface area contributed by atoms with E-state index in [0.717, 1.165) is 12.1 Å². The lowest BCUT2D eigenvalue weighted by Gasteiger charge is -2.20. The van der Waals surface area contributed by atoms with Crippen LogP contribution in [0.1, 0.15) is 25.0 Å². The number of benzene rings is 1. The number of rotatable bonds is 7. The molecule has 0 saturated heterocycles. The van der Waals surface area contributed by atoms with Gasteiger partial charge in [0.2, 0.25) is 5.91 Å². The summed E-state index contributed by atoms with van der Waals surface area (Å²) in [4.78, 5) is 10.7. The molecule has 0 aliphatic carbocycles. The Balaban J connectivity index is 2.80. The van der Waals surface area contributed by atoms with Crippen LogP contribution in [0.5, 0.6) is 5.75 Å². The number of halogens is 3. The molecular formula is C13H16F3NO4. The molecule has 1 amide bonds. The van der Waals surface area contributed by atoms with Crippen LogP contribution in [0.2, 0.25) is 0 Å². The highest BCUT2D eigenvalue weighted by molar-refractivity contribution is 5.72. The third-order valence-electron chi connectivity index (χ3n) is 2.69. The van der Waals surface area contributed by atoms with Gasteiger partial charge in [-0.15, -0.1) is 0 Å². The van der Waals surface area contributed by atoms with Gasteiger partial charge >= 0.3 is 6.61 Å². The highest BCUT2D eigenvalue weighted by atomic mass is 19.3. The summed E-state index contributed by atoms with van der Waals surface area (Å²) < 4.78 is 41.7. The molecule has 0 aromatic heterocycles. The Hall–Kier alpha value is -1.80. The predicted octanol–water partition coefficient (Wildman–Crippen LogP) is 1.35. The van der Waals surface area contributed by atoms with Crippen molar-refractivity contribution >= 4 is 5.91 Å². The van der Waals surface area contributed by atoms with Crippen LogP contribution in [0, 0.1) is 5.82 Å². The normalized spacial score (nSPS) is 13.9. The lowest BCUT2D eigenvalue weighted by Crippen LogP contribution is -2.28. The van der Waals surface area contributed by atoms with Crippen molar-refractivity contribution in [1.29, 1.82) is 0 Å². The largest absolute Gasteiger partial charge is 0.434 e. The molecule has 0 bridgehead atoms. The van der Waals surface area contributed by atoms with Crippen molar-refractivity contribution in [2.45, 2.75) is 32.2 Å². The zero-order chi connectivity index (χ0) is 16.0. The Labute approximate surface area is 119 Å². The van der Waals surface area contributed by atoms with Crippen molar-refractivity contribution in [1.82, 2.24) is 5.32 Å². The van der Waals surface area contributed by atoms with E-state index in [2.05, 4.69) is 10.1 Å². The zero-order valence-corrected chi connectivity index (χ0v) is 11.2. The molecule has 21 heavy (non-hydrogen) atoms. The van der Waals surface area contributed by atoms with E-state index in [4.69, 9.17) is 0 Å². The smallest absolute Gasteiger partial charge is 0.387 e. The van der Waals surface area contributed by atoms with Crippen molar-refractivity contribution in [3.63, 3.8) is 0 Å². The summed E-state index contributed by atoms with van der Waals surface area (Å²) in [5, 5.41) is 22.1. The van der Waals surface area contributed by atoms with Crippen LogP contribution in [-0.2, 0) is 4.79 Å². The topological polar surface area (TPSA) is 78.8 Å². The molecule has 2 unspecified atom stereocenters. The standard InChI is InChI=1S/C13H16F3NO4/c1-7(18)17-5-4-10(19)12(20)9-3-2-8(14)6-11(9)21-13(15)16/h2-3,6,10,12-13,19-20H,4-5H2,1H3,(H,17,18). The molecule has 2 atom stereocenters. The number of aliphatic hydroxyl groups is 2. The Bertz CT molecular complexity index is 484. The van der Waals surface area contributed by atoms with Gasteiger partial charge in [-0.25, -0.2) is 4.39 Å². The van der Waals surface area contributed by atoms with Crippen LogP contribution in [0.15, 0.2) is 18.2 Å². The maximum absolute atomic E-state index is 13.0. The van der Waals surface area contributed by atoms with Crippen LogP contribution in [0.25, 0.3) is 0 Å². The second kappa shape index (κ2) is 7.84. The second-order valence-corrected chi connectivity index (χ2v) is 4.34. The van der Waals surface area contributed by atoms with E-state index >= 15 is 0 Å². The molecule has 0 heterocycles. The minimum atomic E-state index is -3.19. The molecule has 8 heteroatoms. The first-order chi connectivity index (χ1) is 9.81.